The summed E-state index contributed by atoms with van der Waals surface area (Å²) in [5.74, 6) is -0.203. The topological polar surface area (TPSA) is 78.4 Å². The lowest BCUT2D eigenvalue weighted by molar-refractivity contribution is -0.121. The molecule has 0 fully saturated rings. The Labute approximate surface area is 90.2 Å². The number of rotatable bonds is 7. The van der Waals surface area contributed by atoms with Gasteiger partial charge in [-0.3, -0.25) is 9.59 Å². The van der Waals surface area contributed by atoms with Crippen molar-refractivity contribution in [2.24, 2.45) is 0 Å². The standard InChI is InChI=1S/C10H20N2O3/c1-8(13)4-3-6-12-10(15)5-7-11-9(2)14/h8,13H,3-7H2,1-2H3,(H,11,14)(H,12,15). The lowest BCUT2D eigenvalue weighted by Crippen LogP contribution is -2.30. The number of carbonyl (C=O) groups is 2. The van der Waals surface area contributed by atoms with Gasteiger partial charge in [-0.15, -0.1) is 0 Å². The second-order valence-corrected chi connectivity index (χ2v) is 3.57. The largest absolute Gasteiger partial charge is 0.393 e. The van der Waals surface area contributed by atoms with Crippen molar-refractivity contribution in [3.05, 3.63) is 0 Å². The van der Waals surface area contributed by atoms with Crippen LogP contribution in [0.4, 0.5) is 0 Å². The highest BCUT2D eigenvalue weighted by Gasteiger charge is 2.01. The number of carbonyl (C=O) groups excluding carboxylic acids is 2. The Morgan fingerprint density at radius 2 is 1.93 bits per heavy atom. The highest BCUT2D eigenvalue weighted by atomic mass is 16.3. The normalized spacial score (nSPS) is 11.9. The monoisotopic (exact) mass is 216 g/mol. The second-order valence-electron chi connectivity index (χ2n) is 3.57. The summed E-state index contributed by atoms with van der Waals surface area (Å²) in [6.07, 6.45) is 1.44. The Kier molecular flexibility index (Phi) is 7.62. The lowest BCUT2D eigenvalue weighted by Gasteiger charge is -2.06. The zero-order valence-electron chi connectivity index (χ0n) is 9.38. The highest BCUT2D eigenvalue weighted by Crippen LogP contribution is 1.93. The molecule has 15 heavy (non-hydrogen) atoms. The van der Waals surface area contributed by atoms with Crippen molar-refractivity contribution in [2.75, 3.05) is 13.1 Å². The number of amides is 2. The van der Waals surface area contributed by atoms with Crippen LogP contribution in [0.25, 0.3) is 0 Å². The molecule has 0 aromatic carbocycles. The molecule has 5 nitrogen and oxygen atoms in total. The number of hydrogen-bond donors (Lipinski definition) is 3. The summed E-state index contributed by atoms with van der Waals surface area (Å²) in [4.78, 5) is 21.6. The molecule has 0 aromatic rings. The van der Waals surface area contributed by atoms with Gasteiger partial charge >= 0.3 is 0 Å². The minimum atomic E-state index is -0.318. The van der Waals surface area contributed by atoms with E-state index in [1.54, 1.807) is 6.92 Å². The number of nitrogens with one attached hydrogen (secondary N) is 2. The predicted molar refractivity (Wildman–Crippen MR) is 57.2 cm³/mol. The summed E-state index contributed by atoms with van der Waals surface area (Å²) < 4.78 is 0. The van der Waals surface area contributed by atoms with E-state index in [9.17, 15) is 9.59 Å². The third-order valence-corrected chi connectivity index (χ3v) is 1.85. The molecule has 0 aliphatic carbocycles. The number of aliphatic hydroxyl groups excluding tert-OH is 1. The minimum absolute atomic E-state index is 0.0747. The fraction of sp³-hybridized carbons (Fsp3) is 0.800. The zero-order chi connectivity index (χ0) is 11.7. The average molecular weight is 216 g/mol. The SMILES string of the molecule is CC(=O)NCCC(=O)NCCCC(C)O. The van der Waals surface area contributed by atoms with Crippen LogP contribution in [0.5, 0.6) is 0 Å². The van der Waals surface area contributed by atoms with E-state index in [1.807, 2.05) is 0 Å². The Hall–Kier alpha value is -1.10. The molecule has 0 aliphatic rings. The highest BCUT2D eigenvalue weighted by molar-refractivity contribution is 5.77. The summed E-state index contributed by atoms with van der Waals surface area (Å²) in [6, 6.07) is 0. The van der Waals surface area contributed by atoms with Gasteiger partial charge in [-0.2, -0.15) is 0 Å². The molecule has 1 atom stereocenters. The van der Waals surface area contributed by atoms with Crippen LogP contribution in [0.1, 0.15) is 33.1 Å². The van der Waals surface area contributed by atoms with Crippen molar-refractivity contribution in [1.29, 1.82) is 0 Å². The van der Waals surface area contributed by atoms with Crippen LogP contribution in [0.3, 0.4) is 0 Å². The maximum Gasteiger partial charge on any atom is 0.221 e. The molecule has 0 aliphatic heterocycles. The molecule has 3 N–H and O–H groups in total. The van der Waals surface area contributed by atoms with Crippen LogP contribution in [-0.2, 0) is 9.59 Å². The molecule has 0 bridgehead atoms. The van der Waals surface area contributed by atoms with Gasteiger partial charge in [0.2, 0.25) is 11.8 Å². The summed E-state index contributed by atoms with van der Waals surface area (Å²) in [5, 5.41) is 14.2. The van der Waals surface area contributed by atoms with Crippen molar-refractivity contribution in [2.45, 2.75) is 39.2 Å². The molecule has 0 saturated heterocycles. The maximum absolute atomic E-state index is 11.1. The van der Waals surface area contributed by atoms with Gasteiger partial charge in [0, 0.05) is 26.4 Å². The van der Waals surface area contributed by atoms with E-state index >= 15 is 0 Å². The molecular formula is C10H20N2O3. The average Bonchev–Trinajstić information content (AvgIpc) is 2.11. The van der Waals surface area contributed by atoms with Gasteiger partial charge in [0.1, 0.15) is 0 Å². The molecule has 0 rings (SSSR count). The van der Waals surface area contributed by atoms with Gasteiger partial charge in [-0.1, -0.05) is 0 Å². The smallest absolute Gasteiger partial charge is 0.221 e. The predicted octanol–water partition coefficient (Wildman–Crippen LogP) is -0.210. The minimum Gasteiger partial charge on any atom is -0.393 e. The third-order valence-electron chi connectivity index (χ3n) is 1.85. The fourth-order valence-corrected chi connectivity index (χ4v) is 1.07. The van der Waals surface area contributed by atoms with Crippen molar-refractivity contribution in [1.82, 2.24) is 10.6 Å². The van der Waals surface area contributed by atoms with E-state index in [4.69, 9.17) is 5.11 Å². The van der Waals surface area contributed by atoms with E-state index in [0.29, 0.717) is 25.9 Å². The van der Waals surface area contributed by atoms with Crippen LogP contribution in [0.15, 0.2) is 0 Å². The van der Waals surface area contributed by atoms with E-state index in [1.165, 1.54) is 6.92 Å². The summed E-state index contributed by atoms with van der Waals surface area (Å²) in [5.41, 5.74) is 0. The van der Waals surface area contributed by atoms with Crippen molar-refractivity contribution >= 4 is 11.8 Å². The first-order valence-electron chi connectivity index (χ1n) is 5.21. The Morgan fingerprint density at radius 3 is 2.47 bits per heavy atom. The number of hydrogen-bond acceptors (Lipinski definition) is 3. The van der Waals surface area contributed by atoms with E-state index in [-0.39, 0.29) is 17.9 Å². The maximum atomic E-state index is 11.1. The van der Waals surface area contributed by atoms with E-state index in [2.05, 4.69) is 10.6 Å². The Morgan fingerprint density at radius 1 is 1.27 bits per heavy atom. The molecule has 0 heterocycles. The second kappa shape index (κ2) is 8.23. The van der Waals surface area contributed by atoms with E-state index in [0.717, 1.165) is 6.42 Å². The Bertz CT molecular complexity index is 205. The molecule has 0 aromatic heterocycles. The van der Waals surface area contributed by atoms with E-state index < -0.39 is 0 Å². The van der Waals surface area contributed by atoms with Crippen LogP contribution in [0.2, 0.25) is 0 Å². The molecular weight excluding hydrogens is 196 g/mol. The molecule has 88 valence electrons. The number of aliphatic hydroxyl groups is 1. The first-order chi connectivity index (χ1) is 7.02. The van der Waals surface area contributed by atoms with Crippen LogP contribution in [-0.4, -0.2) is 36.1 Å². The lowest BCUT2D eigenvalue weighted by atomic mass is 10.2. The summed E-state index contributed by atoms with van der Waals surface area (Å²) in [7, 11) is 0. The van der Waals surface area contributed by atoms with Gasteiger partial charge in [-0.25, -0.2) is 0 Å². The van der Waals surface area contributed by atoms with Gasteiger partial charge in [-0.05, 0) is 19.8 Å². The molecule has 0 radical (unpaired) electrons. The third kappa shape index (κ3) is 10.8. The van der Waals surface area contributed by atoms with Crippen molar-refractivity contribution in [3.63, 3.8) is 0 Å². The van der Waals surface area contributed by atoms with Gasteiger partial charge in [0.25, 0.3) is 0 Å². The molecule has 0 spiro atoms. The van der Waals surface area contributed by atoms with Crippen molar-refractivity contribution in [3.8, 4) is 0 Å². The molecule has 0 saturated carbocycles. The van der Waals surface area contributed by atoms with Crippen LogP contribution >= 0.6 is 0 Å². The molecule has 5 heteroatoms. The summed E-state index contributed by atoms with van der Waals surface area (Å²) >= 11 is 0. The van der Waals surface area contributed by atoms with Gasteiger partial charge < -0.3 is 15.7 Å². The molecule has 2 amide bonds. The quantitative estimate of drug-likeness (QED) is 0.515. The zero-order valence-corrected chi connectivity index (χ0v) is 9.38. The van der Waals surface area contributed by atoms with Crippen molar-refractivity contribution < 1.29 is 14.7 Å². The van der Waals surface area contributed by atoms with Crippen LogP contribution < -0.4 is 10.6 Å². The van der Waals surface area contributed by atoms with Crippen LogP contribution in [0, 0.1) is 0 Å². The first kappa shape index (κ1) is 13.9. The van der Waals surface area contributed by atoms with Gasteiger partial charge in [0.15, 0.2) is 0 Å². The van der Waals surface area contributed by atoms with Gasteiger partial charge in [0.05, 0.1) is 6.10 Å². The molecule has 1 unspecified atom stereocenters. The first-order valence-corrected chi connectivity index (χ1v) is 5.21. The summed E-state index contributed by atoms with van der Waals surface area (Å²) in [6.45, 7) is 4.08. The fourth-order valence-electron chi connectivity index (χ4n) is 1.07. The Balaban J connectivity index is 3.30.